The molecule has 5 heteroatoms. The summed E-state index contributed by atoms with van der Waals surface area (Å²) in [7, 11) is 2.10. The van der Waals surface area contributed by atoms with E-state index in [-0.39, 0.29) is 11.9 Å². The van der Waals surface area contributed by atoms with Gasteiger partial charge in [-0.25, -0.2) is 4.39 Å². The molecule has 1 fully saturated rings. The van der Waals surface area contributed by atoms with Crippen molar-refractivity contribution < 1.29 is 9.13 Å². The van der Waals surface area contributed by atoms with Gasteiger partial charge in [-0.15, -0.1) is 0 Å². The summed E-state index contributed by atoms with van der Waals surface area (Å²) in [4.78, 5) is 2.27. The van der Waals surface area contributed by atoms with Gasteiger partial charge in [0.15, 0.2) is 0 Å². The van der Waals surface area contributed by atoms with Crippen LogP contribution in [0.1, 0.15) is 5.56 Å². The van der Waals surface area contributed by atoms with Crippen molar-refractivity contribution in [2.45, 2.75) is 12.6 Å². The molecule has 0 saturated carbocycles. The van der Waals surface area contributed by atoms with Crippen LogP contribution in [-0.2, 0) is 11.3 Å². The van der Waals surface area contributed by atoms with E-state index in [9.17, 15) is 4.39 Å². The first-order chi connectivity index (χ1) is 8.65. The lowest BCUT2D eigenvalue weighted by Gasteiger charge is -2.30. The topological polar surface area (TPSA) is 24.5 Å². The van der Waals surface area contributed by atoms with Gasteiger partial charge in [-0.1, -0.05) is 22.0 Å². The first-order valence-corrected chi connectivity index (χ1v) is 6.89. The molecule has 100 valence electrons. The van der Waals surface area contributed by atoms with Gasteiger partial charge in [0.05, 0.1) is 12.7 Å². The van der Waals surface area contributed by atoms with Crippen molar-refractivity contribution >= 4 is 15.9 Å². The van der Waals surface area contributed by atoms with Gasteiger partial charge in [0, 0.05) is 30.7 Å². The number of halogens is 2. The maximum Gasteiger partial charge on any atom is 0.124 e. The van der Waals surface area contributed by atoms with Gasteiger partial charge in [0.1, 0.15) is 5.82 Å². The van der Waals surface area contributed by atoms with Crippen LogP contribution >= 0.6 is 15.9 Å². The second-order valence-corrected chi connectivity index (χ2v) is 5.48. The van der Waals surface area contributed by atoms with E-state index in [4.69, 9.17) is 4.74 Å². The second kappa shape index (κ2) is 6.61. The third-order valence-corrected chi connectivity index (χ3v) is 3.78. The maximum absolute atomic E-state index is 12.9. The third-order valence-electron chi connectivity index (χ3n) is 3.04. The minimum atomic E-state index is -0.220. The van der Waals surface area contributed by atoms with E-state index in [0.717, 1.165) is 36.3 Å². The van der Waals surface area contributed by atoms with Crippen LogP contribution in [0.25, 0.3) is 0 Å². The number of nitrogens with one attached hydrogen (secondary N) is 1. The lowest BCUT2D eigenvalue weighted by Crippen LogP contribution is -2.44. The Bertz CT molecular complexity index is 403. The summed E-state index contributed by atoms with van der Waals surface area (Å²) in [6.07, 6.45) is 0.239. The number of nitrogens with zero attached hydrogens (tertiary/aromatic N) is 1. The zero-order valence-corrected chi connectivity index (χ0v) is 12.0. The van der Waals surface area contributed by atoms with Gasteiger partial charge in [0.2, 0.25) is 0 Å². The molecule has 0 spiro atoms. The Labute approximate surface area is 115 Å². The molecule has 3 nitrogen and oxygen atoms in total. The zero-order valence-electron chi connectivity index (χ0n) is 10.5. The fraction of sp³-hybridized carbons (Fsp3) is 0.538. The molecular formula is C13H18BrFN2O. The molecule has 0 bridgehead atoms. The number of morpholine rings is 1. The smallest absolute Gasteiger partial charge is 0.124 e. The minimum Gasteiger partial charge on any atom is -0.374 e. The molecule has 0 unspecified atom stereocenters. The van der Waals surface area contributed by atoms with Gasteiger partial charge in [0.25, 0.3) is 0 Å². The zero-order chi connectivity index (χ0) is 13.0. The van der Waals surface area contributed by atoms with Crippen molar-refractivity contribution in [1.29, 1.82) is 0 Å². The molecule has 18 heavy (non-hydrogen) atoms. The Kier molecular flexibility index (Phi) is 5.12. The van der Waals surface area contributed by atoms with E-state index in [1.165, 1.54) is 12.1 Å². The maximum atomic E-state index is 12.9. The van der Waals surface area contributed by atoms with Crippen molar-refractivity contribution in [3.8, 4) is 0 Å². The number of benzene rings is 1. The summed E-state index contributed by atoms with van der Waals surface area (Å²) < 4.78 is 19.4. The lowest BCUT2D eigenvalue weighted by atomic mass is 10.2. The predicted octanol–water partition coefficient (Wildman–Crippen LogP) is 2.01. The second-order valence-electron chi connectivity index (χ2n) is 4.62. The van der Waals surface area contributed by atoms with Crippen molar-refractivity contribution in [3.05, 3.63) is 34.1 Å². The lowest BCUT2D eigenvalue weighted by molar-refractivity contribution is -0.0182. The first kappa shape index (κ1) is 13.9. The quantitative estimate of drug-likeness (QED) is 0.919. The van der Waals surface area contributed by atoms with E-state index >= 15 is 0 Å². The molecule has 0 amide bonds. The Morgan fingerprint density at radius 1 is 1.56 bits per heavy atom. The van der Waals surface area contributed by atoms with Crippen molar-refractivity contribution in [3.63, 3.8) is 0 Å². The summed E-state index contributed by atoms with van der Waals surface area (Å²) in [5.41, 5.74) is 1.06. The average Bonchev–Trinajstić information content (AvgIpc) is 2.32. The van der Waals surface area contributed by atoms with Crippen LogP contribution in [-0.4, -0.2) is 44.3 Å². The fourth-order valence-electron chi connectivity index (χ4n) is 2.02. The molecule has 1 aromatic carbocycles. The molecule has 1 atom stereocenters. The summed E-state index contributed by atoms with van der Waals surface area (Å²) in [5.74, 6) is -0.220. The fourth-order valence-corrected chi connectivity index (χ4v) is 2.51. The van der Waals surface area contributed by atoms with Crippen LogP contribution in [0.3, 0.4) is 0 Å². The Balaban J connectivity index is 1.77. The molecule has 1 aliphatic heterocycles. The molecule has 0 aliphatic carbocycles. The standard InChI is InChI=1S/C13H18BrFN2O/c1-17-4-5-18-12(9-17)8-16-7-10-2-3-11(15)6-13(10)14/h2-3,6,12,16H,4-5,7-9H2,1H3/t12-/m0/s1. The molecule has 1 aliphatic rings. The molecular weight excluding hydrogens is 299 g/mol. The van der Waals surface area contributed by atoms with Crippen LogP contribution in [0, 0.1) is 5.82 Å². The van der Waals surface area contributed by atoms with E-state index < -0.39 is 0 Å². The molecule has 0 aromatic heterocycles. The number of hydrogen-bond acceptors (Lipinski definition) is 3. The molecule has 1 saturated heterocycles. The highest BCUT2D eigenvalue weighted by Crippen LogP contribution is 2.17. The highest BCUT2D eigenvalue weighted by atomic mass is 79.9. The van der Waals surface area contributed by atoms with Gasteiger partial charge in [-0.2, -0.15) is 0 Å². The first-order valence-electron chi connectivity index (χ1n) is 6.10. The van der Waals surface area contributed by atoms with Crippen LogP contribution < -0.4 is 5.32 Å². The predicted molar refractivity (Wildman–Crippen MR) is 73.0 cm³/mol. The van der Waals surface area contributed by atoms with Crippen molar-refractivity contribution in [2.75, 3.05) is 33.3 Å². The Morgan fingerprint density at radius 3 is 3.11 bits per heavy atom. The van der Waals surface area contributed by atoms with Crippen LogP contribution in [0.5, 0.6) is 0 Å². The van der Waals surface area contributed by atoms with Gasteiger partial charge in [-0.3, -0.25) is 0 Å². The van der Waals surface area contributed by atoms with Crippen molar-refractivity contribution in [1.82, 2.24) is 10.2 Å². The third kappa shape index (κ3) is 4.02. The summed E-state index contributed by atoms with van der Waals surface area (Å²) in [6, 6.07) is 4.76. The van der Waals surface area contributed by atoms with Crippen LogP contribution in [0.2, 0.25) is 0 Å². The van der Waals surface area contributed by atoms with E-state index in [0.29, 0.717) is 6.54 Å². The molecule has 1 N–H and O–H groups in total. The molecule has 0 radical (unpaired) electrons. The summed E-state index contributed by atoms with van der Waals surface area (Å²) >= 11 is 3.36. The number of hydrogen-bond donors (Lipinski definition) is 1. The summed E-state index contributed by atoms with van der Waals surface area (Å²) in [6.45, 7) is 4.28. The van der Waals surface area contributed by atoms with E-state index in [2.05, 4.69) is 33.2 Å². The highest BCUT2D eigenvalue weighted by Gasteiger charge is 2.16. The molecule has 1 heterocycles. The normalized spacial score (nSPS) is 21.2. The van der Waals surface area contributed by atoms with Gasteiger partial charge >= 0.3 is 0 Å². The molecule has 2 rings (SSSR count). The SMILES string of the molecule is CN1CCO[C@@H](CNCc2ccc(F)cc2Br)C1. The monoisotopic (exact) mass is 316 g/mol. The van der Waals surface area contributed by atoms with Crippen LogP contribution in [0.4, 0.5) is 4.39 Å². The van der Waals surface area contributed by atoms with E-state index in [1.54, 1.807) is 6.07 Å². The van der Waals surface area contributed by atoms with Gasteiger partial charge < -0.3 is 15.0 Å². The Hall–Kier alpha value is -0.490. The van der Waals surface area contributed by atoms with Crippen molar-refractivity contribution in [2.24, 2.45) is 0 Å². The van der Waals surface area contributed by atoms with Crippen LogP contribution in [0.15, 0.2) is 22.7 Å². The largest absolute Gasteiger partial charge is 0.374 e. The highest BCUT2D eigenvalue weighted by molar-refractivity contribution is 9.10. The minimum absolute atomic E-state index is 0.220. The number of ether oxygens (including phenoxy) is 1. The molecule has 1 aromatic rings. The number of likely N-dealkylation sites (N-methyl/N-ethyl adjacent to an activating group) is 1. The summed E-state index contributed by atoms with van der Waals surface area (Å²) in [5, 5.41) is 3.35. The average molecular weight is 317 g/mol. The number of rotatable bonds is 4. The van der Waals surface area contributed by atoms with E-state index in [1.807, 2.05) is 0 Å². The Morgan fingerprint density at radius 2 is 2.39 bits per heavy atom. The van der Waals surface area contributed by atoms with Gasteiger partial charge in [-0.05, 0) is 24.7 Å².